The van der Waals surface area contributed by atoms with Gasteiger partial charge in [0.1, 0.15) is 5.75 Å². The Labute approximate surface area is 217 Å². The molecular weight excluding hydrogens is 468 g/mol. The highest BCUT2D eigenvalue weighted by Crippen LogP contribution is 2.29. The molecule has 194 valence electrons. The van der Waals surface area contributed by atoms with Crippen molar-refractivity contribution in [2.45, 2.75) is 76.0 Å². The summed E-state index contributed by atoms with van der Waals surface area (Å²) in [6, 6.07) is 25.4. The standard InChI is InChI=1S/C31H40O4S/c1-27-21-23-29(24-22-27)36(32,33)35-26-16-9-7-5-3-2-4-6-8-15-25-34-31-20-14-13-19-30(31)28-17-11-10-12-18-28/h10-14,17-24H,2-9,15-16,25-26H2,1H3. The second-order valence-electron chi connectivity index (χ2n) is 9.34. The molecule has 0 N–H and O–H groups in total. The van der Waals surface area contributed by atoms with Gasteiger partial charge >= 0.3 is 0 Å². The number of rotatable bonds is 17. The SMILES string of the molecule is Cc1ccc(S(=O)(=O)OCCCCCCCCCCCCOc2ccccc2-c2ccccc2)cc1. The molecule has 0 aliphatic heterocycles. The van der Waals surface area contributed by atoms with E-state index in [2.05, 4.69) is 42.5 Å². The summed E-state index contributed by atoms with van der Waals surface area (Å²) in [6.07, 6.45) is 11.4. The number of hydrogen-bond acceptors (Lipinski definition) is 4. The fraction of sp³-hybridized carbons (Fsp3) is 0.419. The third-order valence-corrected chi connectivity index (χ3v) is 7.64. The highest BCUT2D eigenvalue weighted by Gasteiger charge is 2.14. The molecule has 0 aromatic heterocycles. The number of hydrogen-bond donors (Lipinski definition) is 0. The van der Waals surface area contributed by atoms with Crippen LogP contribution in [0.1, 0.15) is 69.8 Å². The summed E-state index contributed by atoms with van der Waals surface area (Å²) < 4.78 is 35.6. The van der Waals surface area contributed by atoms with Crippen LogP contribution in [0.15, 0.2) is 83.8 Å². The maximum atomic E-state index is 12.2. The summed E-state index contributed by atoms with van der Waals surface area (Å²) in [4.78, 5) is 0.233. The predicted molar refractivity (Wildman–Crippen MR) is 148 cm³/mol. The van der Waals surface area contributed by atoms with Crippen molar-refractivity contribution in [2.75, 3.05) is 13.2 Å². The smallest absolute Gasteiger partial charge is 0.296 e. The van der Waals surface area contributed by atoms with E-state index >= 15 is 0 Å². The third kappa shape index (κ3) is 9.79. The molecule has 4 nitrogen and oxygen atoms in total. The Hall–Kier alpha value is -2.63. The molecule has 0 bridgehead atoms. The van der Waals surface area contributed by atoms with Crippen molar-refractivity contribution in [3.8, 4) is 16.9 Å². The predicted octanol–water partition coefficient (Wildman–Crippen LogP) is 8.35. The Bertz CT molecular complexity index is 1110. The molecule has 0 aliphatic carbocycles. The average molecular weight is 509 g/mol. The fourth-order valence-electron chi connectivity index (χ4n) is 4.19. The van der Waals surface area contributed by atoms with E-state index in [1.807, 2.05) is 19.1 Å². The molecule has 3 rings (SSSR count). The normalized spacial score (nSPS) is 11.5. The lowest BCUT2D eigenvalue weighted by atomic mass is 10.0. The van der Waals surface area contributed by atoms with Gasteiger partial charge in [-0.2, -0.15) is 8.42 Å². The van der Waals surface area contributed by atoms with Gasteiger partial charge in [-0.1, -0.05) is 118 Å². The second-order valence-corrected chi connectivity index (χ2v) is 11.0. The Morgan fingerprint density at radius 2 is 1.11 bits per heavy atom. The van der Waals surface area contributed by atoms with Gasteiger partial charge in [0.25, 0.3) is 10.1 Å². The average Bonchev–Trinajstić information content (AvgIpc) is 2.90. The monoisotopic (exact) mass is 508 g/mol. The van der Waals surface area contributed by atoms with Crippen LogP contribution < -0.4 is 4.74 Å². The first kappa shape index (κ1) is 27.9. The lowest BCUT2D eigenvalue weighted by Crippen LogP contribution is -2.07. The fourth-order valence-corrected chi connectivity index (χ4v) is 5.13. The lowest BCUT2D eigenvalue weighted by Gasteiger charge is -2.11. The topological polar surface area (TPSA) is 52.6 Å². The van der Waals surface area contributed by atoms with Gasteiger partial charge in [-0.05, 0) is 43.5 Å². The van der Waals surface area contributed by atoms with Gasteiger partial charge in [-0.3, -0.25) is 4.18 Å². The first-order chi connectivity index (χ1) is 17.6. The number of ether oxygens (including phenoxy) is 1. The van der Waals surface area contributed by atoms with Gasteiger partial charge < -0.3 is 4.74 Å². The molecule has 0 atom stereocenters. The molecule has 0 radical (unpaired) electrons. The molecule has 3 aromatic rings. The van der Waals surface area contributed by atoms with Gasteiger partial charge in [0.05, 0.1) is 18.1 Å². The molecule has 0 saturated carbocycles. The molecule has 5 heteroatoms. The zero-order valence-corrected chi connectivity index (χ0v) is 22.3. The molecule has 0 aliphatic rings. The van der Waals surface area contributed by atoms with Gasteiger partial charge in [0.15, 0.2) is 0 Å². The van der Waals surface area contributed by atoms with Crippen molar-refractivity contribution >= 4 is 10.1 Å². The van der Waals surface area contributed by atoms with E-state index in [0.717, 1.165) is 49.2 Å². The molecule has 0 amide bonds. The zero-order chi connectivity index (χ0) is 25.5. The molecule has 0 spiro atoms. The Morgan fingerprint density at radius 3 is 1.75 bits per heavy atom. The van der Waals surface area contributed by atoms with Crippen LogP contribution in [0.25, 0.3) is 11.1 Å². The van der Waals surface area contributed by atoms with E-state index < -0.39 is 10.1 Å². The number of para-hydroxylation sites is 1. The van der Waals surface area contributed by atoms with Crippen LogP contribution in [0.4, 0.5) is 0 Å². The molecule has 36 heavy (non-hydrogen) atoms. The molecular formula is C31H40O4S. The zero-order valence-electron chi connectivity index (χ0n) is 21.5. The first-order valence-electron chi connectivity index (χ1n) is 13.3. The van der Waals surface area contributed by atoms with Crippen LogP contribution in [0.3, 0.4) is 0 Å². The van der Waals surface area contributed by atoms with Crippen molar-refractivity contribution in [1.82, 2.24) is 0 Å². The number of unbranched alkanes of at least 4 members (excludes halogenated alkanes) is 9. The summed E-state index contributed by atoms with van der Waals surface area (Å²) >= 11 is 0. The number of benzene rings is 3. The largest absolute Gasteiger partial charge is 0.493 e. The second kappa shape index (κ2) is 15.5. The summed E-state index contributed by atoms with van der Waals surface area (Å²) in [6.45, 7) is 2.94. The van der Waals surface area contributed by atoms with E-state index in [4.69, 9.17) is 8.92 Å². The van der Waals surface area contributed by atoms with E-state index in [0.29, 0.717) is 0 Å². The number of aryl methyl sites for hydroxylation is 1. The third-order valence-electron chi connectivity index (χ3n) is 6.32. The van der Waals surface area contributed by atoms with Crippen molar-refractivity contribution < 1.29 is 17.3 Å². The maximum Gasteiger partial charge on any atom is 0.296 e. The first-order valence-corrected chi connectivity index (χ1v) is 14.7. The maximum absolute atomic E-state index is 12.2. The minimum atomic E-state index is -3.63. The van der Waals surface area contributed by atoms with Crippen molar-refractivity contribution in [2.24, 2.45) is 0 Å². The van der Waals surface area contributed by atoms with Gasteiger partial charge in [0.2, 0.25) is 0 Å². The lowest BCUT2D eigenvalue weighted by molar-refractivity contribution is 0.304. The van der Waals surface area contributed by atoms with Crippen LogP contribution >= 0.6 is 0 Å². The van der Waals surface area contributed by atoms with Gasteiger partial charge in [0, 0.05) is 5.56 Å². The van der Waals surface area contributed by atoms with Crippen molar-refractivity contribution in [3.63, 3.8) is 0 Å². The highest BCUT2D eigenvalue weighted by molar-refractivity contribution is 7.86. The molecule has 0 fully saturated rings. The van der Waals surface area contributed by atoms with E-state index in [9.17, 15) is 8.42 Å². The van der Waals surface area contributed by atoms with Crippen LogP contribution in [-0.4, -0.2) is 21.6 Å². The van der Waals surface area contributed by atoms with Gasteiger partial charge in [-0.25, -0.2) is 0 Å². The summed E-state index contributed by atoms with van der Waals surface area (Å²) in [5.41, 5.74) is 3.37. The highest BCUT2D eigenvalue weighted by atomic mass is 32.2. The molecule has 0 saturated heterocycles. The Kier molecular flexibility index (Phi) is 12.0. The minimum Gasteiger partial charge on any atom is -0.493 e. The van der Waals surface area contributed by atoms with Crippen LogP contribution in [0.2, 0.25) is 0 Å². The van der Waals surface area contributed by atoms with E-state index in [1.54, 1.807) is 24.3 Å². The van der Waals surface area contributed by atoms with E-state index in [1.165, 1.54) is 44.1 Å². The van der Waals surface area contributed by atoms with Gasteiger partial charge in [-0.15, -0.1) is 0 Å². The van der Waals surface area contributed by atoms with Crippen LogP contribution in [0, 0.1) is 6.92 Å². The van der Waals surface area contributed by atoms with Crippen LogP contribution in [0.5, 0.6) is 5.75 Å². The van der Waals surface area contributed by atoms with Crippen molar-refractivity contribution in [3.05, 3.63) is 84.4 Å². The molecule has 0 heterocycles. The minimum absolute atomic E-state index is 0.233. The summed E-state index contributed by atoms with van der Waals surface area (Å²) in [7, 11) is -3.63. The Balaban J connectivity index is 1.16. The quantitative estimate of drug-likeness (QED) is 0.136. The molecule has 0 unspecified atom stereocenters. The van der Waals surface area contributed by atoms with E-state index in [-0.39, 0.29) is 11.5 Å². The van der Waals surface area contributed by atoms with Crippen LogP contribution in [-0.2, 0) is 14.3 Å². The van der Waals surface area contributed by atoms with Crippen molar-refractivity contribution in [1.29, 1.82) is 0 Å². The summed E-state index contributed by atoms with van der Waals surface area (Å²) in [5, 5.41) is 0. The molecule has 3 aromatic carbocycles. The Morgan fingerprint density at radius 1 is 0.583 bits per heavy atom. The summed E-state index contributed by atoms with van der Waals surface area (Å²) in [5.74, 6) is 0.960.